The summed E-state index contributed by atoms with van der Waals surface area (Å²) < 4.78 is 1.86. The molecule has 3 heterocycles. The third-order valence-electron chi connectivity index (χ3n) is 5.25. The van der Waals surface area contributed by atoms with Gasteiger partial charge >= 0.3 is 0 Å². The van der Waals surface area contributed by atoms with Crippen molar-refractivity contribution in [2.45, 2.75) is 19.4 Å². The monoisotopic (exact) mass is 407 g/mol. The Morgan fingerprint density at radius 2 is 2.00 bits per heavy atom. The molecule has 0 fully saturated rings. The van der Waals surface area contributed by atoms with Gasteiger partial charge in [-0.05, 0) is 54.7 Å². The summed E-state index contributed by atoms with van der Waals surface area (Å²) >= 11 is 1.64. The van der Waals surface area contributed by atoms with Gasteiger partial charge in [0.05, 0.1) is 17.0 Å². The summed E-state index contributed by atoms with van der Waals surface area (Å²) in [5.74, 6) is -0.0176. The molecular formula is C23H25N3O2S. The first-order valence-corrected chi connectivity index (χ1v) is 10.7. The summed E-state index contributed by atoms with van der Waals surface area (Å²) in [5.41, 5.74) is 4.64. The predicted octanol–water partition coefficient (Wildman–Crippen LogP) is 3.02. The number of rotatable bonds is 6. The lowest BCUT2D eigenvalue weighted by Crippen LogP contribution is -2.33. The number of aromatic nitrogens is 1. The number of aryl methyl sites for hydroxylation is 1. The normalized spacial score (nSPS) is 12.5. The van der Waals surface area contributed by atoms with Crippen molar-refractivity contribution in [3.8, 4) is 21.7 Å². The van der Waals surface area contributed by atoms with Crippen LogP contribution < -0.4 is 10.9 Å². The third kappa shape index (κ3) is 4.04. The molecule has 0 unspecified atom stereocenters. The van der Waals surface area contributed by atoms with Crippen LogP contribution in [-0.4, -0.2) is 42.6 Å². The molecule has 29 heavy (non-hydrogen) atoms. The van der Waals surface area contributed by atoms with Gasteiger partial charge in [-0.2, -0.15) is 0 Å². The lowest BCUT2D eigenvalue weighted by molar-refractivity contribution is -0.120. The highest BCUT2D eigenvalue weighted by molar-refractivity contribution is 7.13. The van der Waals surface area contributed by atoms with Crippen LogP contribution in [0.25, 0.3) is 21.7 Å². The molecule has 1 amide bonds. The summed E-state index contributed by atoms with van der Waals surface area (Å²) in [4.78, 5) is 29.1. The molecule has 0 saturated carbocycles. The number of carbonyl (C=O) groups excluding carboxylic acids is 1. The van der Waals surface area contributed by atoms with Crippen LogP contribution in [0.5, 0.6) is 0 Å². The topological polar surface area (TPSA) is 54.3 Å². The van der Waals surface area contributed by atoms with Crippen molar-refractivity contribution in [2.75, 3.05) is 27.2 Å². The Kier molecular flexibility index (Phi) is 5.65. The molecule has 0 bridgehead atoms. The molecule has 1 aliphatic heterocycles. The van der Waals surface area contributed by atoms with Crippen LogP contribution in [0.3, 0.4) is 0 Å². The van der Waals surface area contributed by atoms with Gasteiger partial charge in [-0.3, -0.25) is 9.59 Å². The van der Waals surface area contributed by atoms with Gasteiger partial charge in [0.1, 0.15) is 0 Å². The molecule has 0 atom stereocenters. The standard InChI is InChI=1S/C23H25N3O2S/c1-25(2)12-10-24-20(27)15-18-14-19(16-6-4-3-5-7-16)23(28)26-11-8-17-9-13-29-22(17)21(18)26/h3-7,9,13-14H,8,10-12,15H2,1-2H3,(H,24,27). The summed E-state index contributed by atoms with van der Waals surface area (Å²) in [7, 11) is 3.97. The van der Waals surface area contributed by atoms with Crippen molar-refractivity contribution >= 4 is 17.2 Å². The maximum absolute atomic E-state index is 13.3. The fraction of sp³-hybridized carbons (Fsp3) is 0.304. The van der Waals surface area contributed by atoms with Crippen LogP contribution in [0.15, 0.2) is 52.6 Å². The molecule has 5 nitrogen and oxygen atoms in total. The Balaban J connectivity index is 1.77. The highest BCUT2D eigenvalue weighted by Crippen LogP contribution is 2.36. The zero-order valence-electron chi connectivity index (χ0n) is 16.8. The van der Waals surface area contributed by atoms with Crippen molar-refractivity contribution in [2.24, 2.45) is 0 Å². The predicted molar refractivity (Wildman–Crippen MR) is 118 cm³/mol. The number of hydrogen-bond acceptors (Lipinski definition) is 4. The van der Waals surface area contributed by atoms with Crippen LogP contribution >= 0.6 is 11.3 Å². The minimum atomic E-state index is -0.0176. The van der Waals surface area contributed by atoms with Crippen LogP contribution in [-0.2, 0) is 24.2 Å². The number of benzene rings is 1. The second kappa shape index (κ2) is 8.35. The van der Waals surface area contributed by atoms with E-state index in [-0.39, 0.29) is 17.9 Å². The molecule has 6 heteroatoms. The van der Waals surface area contributed by atoms with Gasteiger partial charge < -0.3 is 14.8 Å². The number of pyridine rings is 1. The first kappa shape index (κ1) is 19.6. The van der Waals surface area contributed by atoms with Gasteiger partial charge in [-0.1, -0.05) is 30.3 Å². The zero-order chi connectivity index (χ0) is 20.4. The molecule has 1 N–H and O–H groups in total. The Morgan fingerprint density at radius 1 is 1.21 bits per heavy atom. The van der Waals surface area contributed by atoms with Gasteiger partial charge in [0.25, 0.3) is 5.56 Å². The van der Waals surface area contributed by atoms with Gasteiger partial charge in [0.2, 0.25) is 5.91 Å². The highest BCUT2D eigenvalue weighted by atomic mass is 32.1. The molecule has 1 aliphatic rings. The molecular weight excluding hydrogens is 382 g/mol. The van der Waals surface area contributed by atoms with Gasteiger partial charge in [-0.15, -0.1) is 11.3 Å². The number of nitrogens with one attached hydrogen (secondary N) is 1. The van der Waals surface area contributed by atoms with E-state index in [9.17, 15) is 9.59 Å². The Morgan fingerprint density at radius 3 is 2.76 bits per heavy atom. The number of carbonyl (C=O) groups is 1. The summed E-state index contributed by atoms with van der Waals surface area (Å²) in [6.45, 7) is 2.05. The van der Waals surface area contributed by atoms with Crippen molar-refractivity contribution in [1.29, 1.82) is 0 Å². The van der Waals surface area contributed by atoms with E-state index in [2.05, 4.69) is 16.8 Å². The SMILES string of the molecule is CN(C)CCNC(=O)Cc1cc(-c2ccccc2)c(=O)n2c1-c1sccc1CC2. The summed E-state index contributed by atoms with van der Waals surface area (Å²) in [5, 5.41) is 5.06. The Hall–Kier alpha value is -2.70. The Labute approximate surface area is 174 Å². The van der Waals surface area contributed by atoms with E-state index >= 15 is 0 Å². The van der Waals surface area contributed by atoms with Gasteiger partial charge in [0.15, 0.2) is 0 Å². The van der Waals surface area contributed by atoms with Crippen molar-refractivity contribution in [3.63, 3.8) is 0 Å². The minimum Gasteiger partial charge on any atom is -0.355 e. The third-order valence-corrected chi connectivity index (χ3v) is 6.22. The number of fused-ring (bicyclic) bond motifs is 3. The molecule has 2 aromatic heterocycles. The first-order chi connectivity index (χ1) is 14.0. The largest absolute Gasteiger partial charge is 0.355 e. The van der Waals surface area contributed by atoms with E-state index in [4.69, 9.17) is 0 Å². The second-order valence-corrected chi connectivity index (χ2v) is 8.53. The van der Waals surface area contributed by atoms with E-state index in [1.807, 2.05) is 60.0 Å². The molecule has 4 rings (SSSR count). The van der Waals surface area contributed by atoms with Crippen molar-refractivity contribution in [3.05, 3.63) is 69.3 Å². The maximum Gasteiger partial charge on any atom is 0.258 e. The van der Waals surface area contributed by atoms with E-state index in [1.54, 1.807) is 11.3 Å². The first-order valence-electron chi connectivity index (χ1n) is 9.85. The highest BCUT2D eigenvalue weighted by Gasteiger charge is 2.24. The lowest BCUT2D eigenvalue weighted by Gasteiger charge is -2.23. The molecule has 0 saturated heterocycles. The fourth-order valence-electron chi connectivity index (χ4n) is 3.79. The number of thiophene rings is 1. The summed E-state index contributed by atoms with van der Waals surface area (Å²) in [6.07, 6.45) is 1.11. The number of likely N-dealkylation sites (N-methyl/N-ethyl adjacent to an activating group) is 1. The molecule has 3 aromatic rings. The Bertz CT molecular complexity index is 1080. The zero-order valence-corrected chi connectivity index (χ0v) is 17.6. The average Bonchev–Trinajstić information content (AvgIpc) is 3.19. The fourth-order valence-corrected chi connectivity index (χ4v) is 4.84. The number of amides is 1. The average molecular weight is 408 g/mol. The lowest BCUT2D eigenvalue weighted by atomic mass is 9.96. The molecule has 1 aromatic carbocycles. The van der Waals surface area contributed by atoms with Crippen LogP contribution in [0.4, 0.5) is 0 Å². The quantitative estimate of drug-likeness (QED) is 0.683. The van der Waals surface area contributed by atoms with Crippen molar-refractivity contribution < 1.29 is 4.79 Å². The minimum absolute atomic E-state index is 0.0158. The van der Waals surface area contributed by atoms with E-state index in [0.29, 0.717) is 18.7 Å². The number of nitrogens with zero attached hydrogens (tertiary/aromatic N) is 2. The molecule has 0 aliphatic carbocycles. The van der Waals surface area contributed by atoms with Gasteiger partial charge in [0, 0.05) is 25.2 Å². The van der Waals surface area contributed by atoms with Crippen LogP contribution in [0, 0.1) is 0 Å². The number of hydrogen-bond donors (Lipinski definition) is 1. The van der Waals surface area contributed by atoms with Crippen molar-refractivity contribution in [1.82, 2.24) is 14.8 Å². The maximum atomic E-state index is 13.3. The molecule has 150 valence electrons. The van der Waals surface area contributed by atoms with Crippen LogP contribution in [0.2, 0.25) is 0 Å². The smallest absolute Gasteiger partial charge is 0.258 e. The van der Waals surface area contributed by atoms with Crippen LogP contribution in [0.1, 0.15) is 11.1 Å². The second-order valence-electron chi connectivity index (χ2n) is 7.61. The molecule has 0 radical (unpaired) electrons. The van der Waals surface area contributed by atoms with E-state index < -0.39 is 0 Å². The van der Waals surface area contributed by atoms with E-state index in [1.165, 1.54) is 5.56 Å². The van der Waals surface area contributed by atoms with E-state index in [0.717, 1.165) is 34.7 Å². The summed E-state index contributed by atoms with van der Waals surface area (Å²) in [6, 6.07) is 13.8. The molecule has 0 spiro atoms. The van der Waals surface area contributed by atoms with Gasteiger partial charge in [-0.25, -0.2) is 0 Å².